The highest BCUT2D eigenvalue weighted by molar-refractivity contribution is 5.81. The van der Waals surface area contributed by atoms with Gasteiger partial charge in [-0.3, -0.25) is 15.0 Å². The van der Waals surface area contributed by atoms with Crippen molar-refractivity contribution in [2.75, 3.05) is 11.9 Å². The standard InChI is InChI=1S/C21H26FN5O4/c1-14-9-11-24-18(12-14)23-10-3-2-4-19(28)26-27-21(31)25-17(13-20(29)30)15-5-7-16(22)8-6-15/h5-9,11-12,17H,2-4,10,13H2,1H3,(H,23,24)(H,26,28)(H,29,30)(H2,25,27,31). The van der Waals surface area contributed by atoms with Gasteiger partial charge in [0.25, 0.3) is 0 Å². The van der Waals surface area contributed by atoms with Gasteiger partial charge in [0.05, 0.1) is 12.5 Å². The van der Waals surface area contributed by atoms with Gasteiger partial charge in [-0.1, -0.05) is 12.1 Å². The molecule has 2 aromatic rings. The molecule has 1 unspecified atom stereocenters. The number of hydrogen-bond donors (Lipinski definition) is 5. The third-order valence-corrected chi connectivity index (χ3v) is 4.32. The van der Waals surface area contributed by atoms with Crippen LogP contribution in [-0.2, 0) is 9.59 Å². The molecule has 0 bridgehead atoms. The van der Waals surface area contributed by atoms with Gasteiger partial charge in [0.15, 0.2) is 0 Å². The predicted molar refractivity (Wildman–Crippen MR) is 113 cm³/mol. The van der Waals surface area contributed by atoms with Gasteiger partial charge < -0.3 is 15.7 Å². The lowest BCUT2D eigenvalue weighted by Crippen LogP contribution is -2.48. The Hall–Kier alpha value is -3.69. The number of carboxylic acid groups (broad SMARTS) is 1. The Bertz CT molecular complexity index is 892. The number of halogens is 1. The number of nitrogens with zero attached hydrogens (tertiary/aromatic N) is 1. The van der Waals surface area contributed by atoms with Crippen LogP contribution in [0.4, 0.5) is 15.0 Å². The smallest absolute Gasteiger partial charge is 0.333 e. The summed E-state index contributed by atoms with van der Waals surface area (Å²) in [6.07, 6.45) is 2.88. The van der Waals surface area contributed by atoms with E-state index in [4.69, 9.17) is 5.11 Å². The summed E-state index contributed by atoms with van der Waals surface area (Å²) in [5.41, 5.74) is 6.01. The molecule has 0 aliphatic carbocycles. The van der Waals surface area contributed by atoms with E-state index in [9.17, 15) is 18.8 Å². The summed E-state index contributed by atoms with van der Waals surface area (Å²) in [5.74, 6) is -1.20. The number of carbonyl (C=O) groups excluding carboxylic acids is 2. The second-order valence-electron chi connectivity index (χ2n) is 6.95. The van der Waals surface area contributed by atoms with Crippen molar-refractivity contribution in [2.45, 2.75) is 38.6 Å². The van der Waals surface area contributed by atoms with Crippen molar-refractivity contribution in [3.63, 3.8) is 0 Å². The van der Waals surface area contributed by atoms with Crippen LogP contribution in [0, 0.1) is 12.7 Å². The normalized spacial score (nSPS) is 11.3. The summed E-state index contributed by atoms with van der Waals surface area (Å²) in [6, 6.07) is 7.32. The van der Waals surface area contributed by atoms with Crippen LogP contribution in [0.5, 0.6) is 0 Å². The molecule has 0 spiro atoms. The molecule has 31 heavy (non-hydrogen) atoms. The number of aromatic nitrogens is 1. The van der Waals surface area contributed by atoms with Crippen molar-refractivity contribution in [1.82, 2.24) is 21.2 Å². The van der Waals surface area contributed by atoms with Crippen LogP contribution in [0.1, 0.15) is 42.9 Å². The summed E-state index contributed by atoms with van der Waals surface area (Å²) in [7, 11) is 0. The molecule has 1 aromatic carbocycles. The van der Waals surface area contributed by atoms with E-state index in [0.717, 1.165) is 17.8 Å². The van der Waals surface area contributed by atoms with E-state index in [-0.39, 0.29) is 12.3 Å². The van der Waals surface area contributed by atoms with Crippen molar-refractivity contribution in [3.05, 3.63) is 59.5 Å². The van der Waals surface area contributed by atoms with Gasteiger partial charge in [-0.15, -0.1) is 0 Å². The van der Waals surface area contributed by atoms with Gasteiger partial charge in [-0.2, -0.15) is 0 Å². The van der Waals surface area contributed by atoms with Crippen molar-refractivity contribution in [1.29, 1.82) is 0 Å². The first-order chi connectivity index (χ1) is 14.8. The summed E-state index contributed by atoms with van der Waals surface area (Å²) in [6.45, 7) is 2.63. The van der Waals surface area contributed by atoms with Gasteiger partial charge in [0.2, 0.25) is 5.91 Å². The highest BCUT2D eigenvalue weighted by Gasteiger charge is 2.18. The molecular weight excluding hydrogens is 405 g/mol. The Kier molecular flexibility index (Phi) is 9.21. The minimum atomic E-state index is -1.13. The van der Waals surface area contributed by atoms with Crippen LogP contribution in [0.15, 0.2) is 42.6 Å². The molecule has 0 radical (unpaired) electrons. The number of aliphatic carboxylic acids is 1. The fourth-order valence-electron chi connectivity index (χ4n) is 2.77. The average molecular weight is 431 g/mol. The third-order valence-electron chi connectivity index (χ3n) is 4.32. The number of carboxylic acids is 1. The first-order valence-electron chi connectivity index (χ1n) is 9.82. The third kappa shape index (κ3) is 9.11. The maximum Gasteiger partial charge on any atom is 0.333 e. The highest BCUT2D eigenvalue weighted by Crippen LogP contribution is 2.17. The maximum absolute atomic E-state index is 13.1. The van der Waals surface area contributed by atoms with Crippen LogP contribution in [0.3, 0.4) is 0 Å². The molecule has 1 atom stereocenters. The Balaban J connectivity index is 1.68. The Morgan fingerprint density at radius 3 is 2.52 bits per heavy atom. The van der Waals surface area contributed by atoms with E-state index >= 15 is 0 Å². The zero-order valence-corrected chi connectivity index (χ0v) is 17.2. The van der Waals surface area contributed by atoms with Crippen LogP contribution >= 0.6 is 0 Å². The first-order valence-corrected chi connectivity index (χ1v) is 9.82. The number of amides is 3. The molecule has 166 valence electrons. The lowest BCUT2D eigenvalue weighted by Gasteiger charge is -2.18. The number of nitrogens with one attached hydrogen (secondary N) is 4. The molecule has 1 heterocycles. The predicted octanol–water partition coefficient (Wildman–Crippen LogP) is 2.66. The second-order valence-corrected chi connectivity index (χ2v) is 6.95. The number of anilines is 1. The number of hydrazine groups is 1. The van der Waals surface area contributed by atoms with Crippen LogP contribution in [-0.4, -0.2) is 34.5 Å². The van der Waals surface area contributed by atoms with Gasteiger partial charge >= 0.3 is 12.0 Å². The van der Waals surface area contributed by atoms with Crippen molar-refractivity contribution >= 4 is 23.7 Å². The van der Waals surface area contributed by atoms with Gasteiger partial charge in [0, 0.05) is 19.2 Å². The molecule has 9 nitrogen and oxygen atoms in total. The minimum absolute atomic E-state index is 0.208. The largest absolute Gasteiger partial charge is 0.481 e. The molecule has 10 heteroatoms. The molecule has 1 aromatic heterocycles. The van der Waals surface area contributed by atoms with E-state index in [2.05, 4.69) is 26.5 Å². The highest BCUT2D eigenvalue weighted by atomic mass is 19.1. The van der Waals surface area contributed by atoms with Crippen molar-refractivity contribution < 1.29 is 23.9 Å². The Morgan fingerprint density at radius 2 is 1.84 bits per heavy atom. The number of aryl methyl sites for hydroxylation is 1. The lowest BCUT2D eigenvalue weighted by molar-refractivity contribution is -0.137. The van der Waals surface area contributed by atoms with Crippen LogP contribution < -0.4 is 21.5 Å². The fourth-order valence-corrected chi connectivity index (χ4v) is 2.77. The van der Waals surface area contributed by atoms with E-state index in [1.54, 1.807) is 6.20 Å². The molecule has 0 saturated carbocycles. The maximum atomic E-state index is 13.1. The fraction of sp³-hybridized carbons (Fsp3) is 0.333. The van der Waals surface area contributed by atoms with Crippen molar-refractivity contribution in [2.24, 2.45) is 0 Å². The number of unbranched alkanes of at least 4 members (excludes halogenated alkanes) is 1. The van der Waals surface area contributed by atoms with Gasteiger partial charge in [0.1, 0.15) is 11.6 Å². The number of rotatable bonds is 10. The van der Waals surface area contributed by atoms with Gasteiger partial charge in [-0.25, -0.2) is 19.6 Å². The molecule has 0 aliphatic heterocycles. The van der Waals surface area contributed by atoms with E-state index in [0.29, 0.717) is 18.5 Å². The number of carbonyl (C=O) groups is 3. The molecule has 0 fully saturated rings. The monoisotopic (exact) mass is 431 g/mol. The summed E-state index contributed by atoms with van der Waals surface area (Å²) < 4.78 is 13.1. The minimum Gasteiger partial charge on any atom is -0.481 e. The number of pyridine rings is 1. The first kappa shape index (κ1) is 23.6. The Labute approximate surface area is 179 Å². The van der Waals surface area contributed by atoms with E-state index < -0.39 is 30.3 Å². The second kappa shape index (κ2) is 12.1. The number of urea groups is 1. The molecule has 0 saturated heterocycles. The molecular formula is C21H26FN5O4. The lowest BCUT2D eigenvalue weighted by atomic mass is 10.0. The van der Waals surface area contributed by atoms with E-state index in [1.807, 2.05) is 19.1 Å². The zero-order valence-electron chi connectivity index (χ0n) is 17.2. The molecule has 2 rings (SSSR count). The molecule has 0 aliphatic rings. The Morgan fingerprint density at radius 1 is 1.10 bits per heavy atom. The summed E-state index contributed by atoms with van der Waals surface area (Å²) in [5, 5.41) is 14.7. The van der Waals surface area contributed by atoms with Crippen LogP contribution in [0.2, 0.25) is 0 Å². The molecule has 3 amide bonds. The zero-order chi connectivity index (χ0) is 22.6. The topological polar surface area (TPSA) is 132 Å². The SMILES string of the molecule is Cc1ccnc(NCCCCC(=O)NNC(=O)NC(CC(=O)O)c2ccc(F)cc2)c1. The van der Waals surface area contributed by atoms with Crippen molar-refractivity contribution in [3.8, 4) is 0 Å². The quantitative estimate of drug-likeness (QED) is 0.290. The number of hydrogen-bond acceptors (Lipinski definition) is 5. The number of benzene rings is 1. The summed E-state index contributed by atoms with van der Waals surface area (Å²) >= 11 is 0. The average Bonchev–Trinajstić information content (AvgIpc) is 2.72. The van der Waals surface area contributed by atoms with Gasteiger partial charge in [-0.05, 0) is 55.2 Å². The summed E-state index contributed by atoms with van der Waals surface area (Å²) in [4.78, 5) is 39.1. The van der Waals surface area contributed by atoms with E-state index in [1.165, 1.54) is 24.3 Å². The van der Waals surface area contributed by atoms with Crippen LogP contribution in [0.25, 0.3) is 0 Å². The molecule has 5 N–H and O–H groups in total.